The molecule has 0 aliphatic rings. The Morgan fingerprint density at radius 3 is 2.35 bits per heavy atom. The molecule has 0 aliphatic carbocycles. The van der Waals surface area contributed by atoms with Gasteiger partial charge in [-0.05, 0) is 36.8 Å². The lowest BCUT2D eigenvalue weighted by atomic mass is 10.2. The molecule has 116 valence electrons. The highest BCUT2D eigenvalue weighted by Gasteiger charge is 2.03. The van der Waals surface area contributed by atoms with Crippen molar-refractivity contribution in [3.63, 3.8) is 0 Å². The average molecular weight is 325 g/mol. The summed E-state index contributed by atoms with van der Waals surface area (Å²) in [5.41, 5.74) is 2.14. The summed E-state index contributed by atoms with van der Waals surface area (Å²) in [6, 6.07) is 19.6. The van der Waals surface area contributed by atoms with Crippen molar-refractivity contribution in [3.8, 4) is 0 Å². The number of halogens is 1. The van der Waals surface area contributed by atoms with Crippen LogP contribution in [0.4, 0.5) is 17.3 Å². The lowest BCUT2D eigenvalue weighted by Gasteiger charge is -2.10. The fourth-order valence-corrected chi connectivity index (χ4v) is 2.32. The highest BCUT2D eigenvalue weighted by Crippen LogP contribution is 2.19. The molecule has 0 saturated carbocycles. The van der Waals surface area contributed by atoms with E-state index in [4.69, 9.17) is 11.6 Å². The zero-order valence-electron chi connectivity index (χ0n) is 12.8. The van der Waals surface area contributed by atoms with E-state index in [1.165, 1.54) is 5.56 Å². The third-order valence-corrected chi connectivity index (χ3v) is 3.52. The molecule has 0 unspecified atom stereocenters. The molecule has 0 atom stereocenters. The third-order valence-electron chi connectivity index (χ3n) is 3.27. The predicted molar refractivity (Wildman–Crippen MR) is 95.3 cm³/mol. The zero-order valence-corrected chi connectivity index (χ0v) is 13.5. The average Bonchev–Trinajstić information content (AvgIpc) is 2.56. The summed E-state index contributed by atoms with van der Waals surface area (Å²) in [4.78, 5) is 8.83. The van der Waals surface area contributed by atoms with Crippen molar-refractivity contribution in [1.82, 2.24) is 9.97 Å². The van der Waals surface area contributed by atoms with E-state index >= 15 is 0 Å². The van der Waals surface area contributed by atoms with Gasteiger partial charge in [-0.25, -0.2) is 9.97 Å². The van der Waals surface area contributed by atoms with Gasteiger partial charge in [-0.15, -0.1) is 0 Å². The minimum absolute atomic E-state index is 0.708. The third kappa shape index (κ3) is 4.44. The van der Waals surface area contributed by atoms with Crippen LogP contribution in [0, 0.1) is 6.92 Å². The van der Waals surface area contributed by atoms with E-state index in [1.54, 1.807) is 0 Å². The van der Waals surface area contributed by atoms with Crippen LogP contribution in [-0.4, -0.2) is 9.97 Å². The van der Waals surface area contributed by atoms with Gasteiger partial charge in [-0.3, -0.25) is 0 Å². The second kappa shape index (κ2) is 7.11. The lowest BCUT2D eigenvalue weighted by Crippen LogP contribution is -2.05. The predicted octanol–water partition coefficient (Wildman–Crippen LogP) is 4.79. The number of aryl methyl sites for hydroxylation is 1. The Bertz CT molecular complexity index is 773. The van der Waals surface area contributed by atoms with Crippen molar-refractivity contribution < 1.29 is 0 Å². The van der Waals surface area contributed by atoms with Crippen molar-refractivity contribution in [1.29, 1.82) is 0 Å². The quantitative estimate of drug-likeness (QED) is 0.708. The maximum atomic E-state index is 5.90. The Hall–Kier alpha value is -2.59. The van der Waals surface area contributed by atoms with Crippen LogP contribution < -0.4 is 10.6 Å². The van der Waals surface area contributed by atoms with E-state index in [-0.39, 0.29) is 0 Å². The molecule has 23 heavy (non-hydrogen) atoms. The van der Waals surface area contributed by atoms with Crippen LogP contribution in [0.25, 0.3) is 0 Å². The van der Waals surface area contributed by atoms with Crippen LogP contribution in [0.2, 0.25) is 5.02 Å². The van der Waals surface area contributed by atoms with Gasteiger partial charge in [0.15, 0.2) is 0 Å². The van der Waals surface area contributed by atoms with E-state index in [0.717, 1.165) is 23.9 Å². The van der Waals surface area contributed by atoms with Crippen LogP contribution in [0.5, 0.6) is 0 Å². The maximum Gasteiger partial charge on any atom is 0.136 e. The normalized spacial score (nSPS) is 10.3. The van der Waals surface area contributed by atoms with E-state index < -0.39 is 0 Å². The second-order valence-electron chi connectivity index (χ2n) is 5.16. The summed E-state index contributed by atoms with van der Waals surface area (Å²) in [6.45, 7) is 2.60. The highest BCUT2D eigenvalue weighted by molar-refractivity contribution is 6.30. The highest BCUT2D eigenvalue weighted by atomic mass is 35.5. The summed E-state index contributed by atoms with van der Waals surface area (Å²) in [6.07, 6.45) is 0. The van der Waals surface area contributed by atoms with E-state index in [0.29, 0.717) is 10.8 Å². The van der Waals surface area contributed by atoms with Crippen LogP contribution in [0.3, 0.4) is 0 Å². The number of hydrogen-bond donors (Lipinski definition) is 2. The molecule has 0 aliphatic heterocycles. The van der Waals surface area contributed by atoms with Crippen LogP contribution in [0.15, 0.2) is 60.7 Å². The van der Waals surface area contributed by atoms with Crippen molar-refractivity contribution in [3.05, 3.63) is 77.1 Å². The molecule has 3 aromatic rings. The zero-order chi connectivity index (χ0) is 16.1. The molecular formula is C18H17ClN4. The van der Waals surface area contributed by atoms with Crippen molar-refractivity contribution in [2.24, 2.45) is 0 Å². The maximum absolute atomic E-state index is 5.90. The molecule has 0 fully saturated rings. The first-order chi connectivity index (χ1) is 11.2. The molecule has 0 radical (unpaired) electrons. The molecular weight excluding hydrogens is 308 g/mol. The van der Waals surface area contributed by atoms with Crippen LogP contribution >= 0.6 is 11.6 Å². The van der Waals surface area contributed by atoms with Gasteiger partial charge in [0.1, 0.15) is 17.5 Å². The van der Waals surface area contributed by atoms with Gasteiger partial charge in [-0.1, -0.05) is 41.9 Å². The Kier molecular flexibility index (Phi) is 4.74. The molecule has 1 aromatic heterocycles. The van der Waals surface area contributed by atoms with Crippen molar-refractivity contribution in [2.45, 2.75) is 13.5 Å². The SMILES string of the molecule is Cc1nc(NCc2ccccc2)cc(Nc2ccc(Cl)cc2)n1. The number of nitrogens with zero attached hydrogens (tertiary/aromatic N) is 2. The van der Waals surface area contributed by atoms with Crippen LogP contribution in [-0.2, 0) is 6.54 Å². The largest absolute Gasteiger partial charge is 0.366 e. The van der Waals surface area contributed by atoms with Gasteiger partial charge in [-0.2, -0.15) is 0 Å². The lowest BCUT2D eigenvalue weighted by molar-refractivity contribution is 1.03. The number of benzene rings is 2. The Labute approximate surface area is 140 Å². The molecule has 0 amide bonds. The van der Waals surface area contributed by atoms with Gasteiger partial charge in [0.2, 0.25) is 0 Å². The number of aromatic nitrogens is 2. The van der Waals surface area contributed by atoms with E-state index in [2.05, 4.69) is 32.7 Å². The first-order valence-corrected chi connectivity index (χ1v) is 7.73. The molecule has 0 spiro atoms. The molecule has 3 rings (SSSR count). The molecule has 1 heterocycles. The first kappa shape index (κ1) is 15.3. The van der Waals surface area contributed by atoms with Gasteiger partial charge >= 0.3 is 0 Å². The smallest absolute Gasteiger partial charge is 0.136 e. The van der Waals surface area contributed by atoms with E-state index in [1.807, 2.05) is 55.5 Å². The fraction of sp³-hybridized carbons (Fsp3) is 0.111. The summed E-state index contributed by atoms with van der Waals surface area (Å²) in [5, 5.41) is 7.29. The van der Waals surface area contributed by atoms with Crippen LogP contribution in [0.1, 0.15) is 11.4 Å². The monoisotopic (exact) mass is 324 g/mol. The molecule has 4 nitrogen and oxygen atoms in total. The van der Waals surface area contributed by atoms with Gasteiger partial charge in [0.25, 0.3) is 0 Å². The summed E-state index contributed by atoms with van der Waals surface area (Å²) in [5.74, 6) is 2.24. The summed E-state index contributed by atoms with van der Waals surface area (Å²) in [7, 11) is 0. The number of nitrogens with one attached hydrogen (secondary N) is 2. The van der Waals surface area contributed by atoms with E-state index in [9.17, 15) is 0 Å². The Morgan fingerprint density at radius 1 is 0.913 bits per heavy atom. The Balaban J connectivity index is 1.72. The standard InChI is InChI=1S/C18H17ClN4/c1-13-21-17(20-12-14-5-3-2-4-6-14)11-18(22-13)23-16-9-7-15(19)8-10-16/h2-11H,12H2,1H3,(H2,20,21,22,23). The molecule has 2 aromatic carbocycles. The molecule has 0 saturated heterocycles. The summed E-state index contributed by atoms with van der Waals surface area (Å²) >= 11 is 5.90. The molecule has 2 N–H and O–H groups in total. The van der Waals surface area contributed by atoms with Crippen molar-refractivity contribution >= 4 is 28.9 Å². The van der Waals surface area contributed by atoms with Gasteiger partial charge in [0.05, 0.1) is 0 Å². The minimum atomic E-state index is 0.708. The fourth-order valence-electron chi connectivity index (χ4n) is 2.19. The number of hydrogen-bond acceptors (Lipinski definition) is 4. The number of rotatable bonds is 5. The minimum Gasteiger partial charge on any atom is -0.366 e. The Morgan fingerprint density at radius 2 is 1.61 bits per heavy atom. The molecule has 0 bridgehead atoms. The van der Waals surface area contributed by atoms with Crippen molar-refractivity contribution in [2.75, 3.05) is 10.6 Å². The topological polar surface area (TPSA) is 49.8 Å². The number of anilines is 3. The van der Waals surface area contributed by atoms with Gasteiger partial charge in [0, 0.05) is 23.3 Å². The second-order valence-corrected chi connectivity index (χ2v) is 5.59. The molecule has 5 heteroatoms. The summed E-state index contributed by atoms with van der Waals surface area (Å²) < 4.78 is 0. The van der Waals surface area contributed by atoms with Gasteiger partial charge < -0.3 is 10.6 Å². The first-order valence-electron chi connectivity index (χ1n) is 7.35.